The summed E-state index contributed by atoms with van der Waals surface area (Å²) in [6, 6.07) is 8.57. The lowest BCUT2D eigenvalue weighted by Gasteiger charge is -2.29. The highest BCUT2D eigenvalue weighted by Crippen LogP contribution is 2.26. The number of amides is 2. The van der Waals surface area contributed by atoms with Crippen LogP contribution in [0.3, 0.4) is 0 Å². The molecule has 3 heterocycles. The Labute approximate surface area is 176 Å². The Morgan fingerprint density at radius 2 is 1.86 bits per heavy atom. The molecule has 0 atom stereocenters. The van der Waals surface area contributed by atoms with Gasteiger partial charge in [0.05, 0.1) is 12.1 Å². The van der Waals surface area contributed by atoms with Crippen molar-refractivity contribution < 1.29 is 9.59 Å². The van der Waals surface area contributed by atoms with E-state index in [9.17, 15) is 9.59 Å². The molecule has 6 nitrogen and oxygen atoms in total. The van der Waals surface area contributed by atoms with Crippen LogP contribution in [0.15, 0.2) is 29.6 Å². The average Bonchev–Trinajstić information content (AvgIpc) is 3.37. The van der Waals surface area contributed by atoms with Gasteiger partial charge in [0.2, 0.25) is 11.8 Å². The van der Waals surface area contributed by atoms with E-state index < -0.39 is 0 Å². The molecule has 0 bridgehead atoms. The number of rotatable bonds is 6. The molecular weight excluding hydrogens is 384 g/mol. The summed E-state index contributed by atoms with van der Waals surface area (Å²) in [5.74, 6) is 0.164. The largest absolute Gasteiger partial charge is 0.372 e. The molecule has 7 heteroatoms. The molecule has 29 heavy (non-hydrogen) atoms. The fraction of sp³-hybridized carbons (Fsp3) is 0.500. The van der Waals surface area contributed by atoms with E-state index >= 15 is 0 Å². The second kappa shape index (κ2) is 8.95. The molecule has 2 saturated heterocycles. The fourth-order valence-corrected chi connectivity index (χ4v) is 4.84. The molecule has 0 aliphatic carbocycles. The second-order valence-corrected chi connectivity index (χ2v) is 8.75. The van der Waals surface area contributed by atoms with E-state index in [4.69, 9.17) is 0 Å². The zero-order chi connectivity index (χ0) is 20.2. The number of aromatic nitrogens is 1. The smallest absolute Gasteiger partial charge is 0.228 e. The summed E-state index contributed by atoms with van der Waals surface area (Å²) >= 11 is 1.44. The van der Waals surface area contributed by atoms with Crippen LogP contribution in [0.4, 0.5) is 10.8 Å². The van der Waals surface area contributed by atoms with Gasteiger partial charge in [-0.2, -0.15) is 0 Å². The monoisotopic (exact) mass is 412 g/mol. The zero-order valence-corrected chi connectivity index (χ0v) is 17.8. The molecule has 0 spiro atoms. The first-order valence-corrected chi connectivity index (χ1v) is 11.3. The van der Waals surface area contributed by atoms with Crippen LogP contribution in [-0.4, -0.2) is 48.4 Å². The van der Waals surface area contributed by atoms with Crippen molar-refractivity contribution in [3.05, 3.63) is 40.9 Å². The first-order valence-electron chi connectivity index (χ1n) is 10.4. The van der Waals surface area contributed by atoms with Crippen molar-refractivity contribution in [3.63, 3.8) is 0 Å². The van der Waals surface area contributed by atoms with Gasteiger partial charge in [0.1, 0.15) is 0 Å². The number of thiazole rings is 1. The van der Waals surface area contributed by atoms with Gasteiger partial charge >= 0.3 is 0 Å². The Morgan fingerprint density at radius 1 is 1.10 bits per heavy atom. The summed E-state index contributed by atoms with van der Waals surface area (Å²) in [4.78, 5) is 34.9. The Bertz CT molecular complexity index is 858. The second-order valence-electron chi connectivity index (χ2n) is 7.91. The lowest BCUT2D eigenvalue weighted by Crippen LogP contribution is -2.29. The minimum absolute atomic E-state index is 0.0368. The van der Waals surface area contributed by atoms with Crippen molar-refractivity contribution in [1.82, 2.24) is 9.88 Å². The van der Waals surface area contributed by atoms with E-state index in [1.54, 1.807) is 9.80 Å². The molecule has 1 aromatic heterocycles. The molecule has 0 saturated carbocycles. The molecule has 2 fully saturated rings. The topological polar surface area (TPSA) is 56.8 Å². The fourth-order valence-electron chi connectivity index (χ4n) is 3.97. The van der Waals surface area contributed by atoms with Crippen LogP contribution in [0.25, 0.3) is 0 Å². The van der Waals surface area contributed by atoms with Gasteiger partial charge < -0.3 is 9.80 Å². The highest BCUT2D eigenvalue weighted by molar-refractivity contribution is 7.14. The zero-order valence-electron chi connectivity index (χ0n) is 17.0. The maximum atomic E-state index is 12.6. The molecule has 154 valence electrons. The van der Waals surface area contributed by atoms with Crippen molar-refractivity contribution in [1.29, 1.82) is 0 Å². The number of anilines is 2. The average molecular weight is 413 g/mol. The van der Waals surface area contributed by atoms with Crippen molar-refractivity contribution in [3.8, 4) is 0 Å². The van der Waals surface area contributed by atoms with Crippen LogP contribution in [0, 0.1) is 0 Å². The third-order valence-electron chi connectivity index (χ3n) is 5.68. The number of carbonyl (C=O) groups excluding carboxylic acids is 2. The summed E-state index contributed by atoms with van der Waals surface area (Å²) < 4.78 is 0. The Kier molecular flexibility index (Phi) is 6.13. The number of hydrogen-bond acceptors (Lipinski definition) is 5. The molecule has 2 aliphatic heterocycles. The molecule has 0 unspecified atom stereocenters. The molecule has 1 aromatic carbocycles. The highest BCUT2D eigenvalue weighted by Gasteiger charge is 2.24. The Balaban J connectivity index is 1.31. The van der Waals surface area contributed by atoms with Crippen molar-refractivity contribution in [2.45, 2.75) is 45.1 Å². The Morgan fingerprint density at radius 3 is 2.55 bits per heavy atom. The molecule has 0 N–H and O–H groups in total. The number of benzene rings is 1. The number of hydrogen-bond donors (Lipinski definition) is 0. The summed E-state index contributed by atoms with van der Waals surface area (Å²) in [5, 5.41) is 2.60. The van der Waals surface area contributed by atoms with E-state index in [0.29, 0.717) is 18.1 Å². The van der Waals surface area contributed by atoms with Crippen LogP contribution in [0.1, 0.15) is 43.4 Å². The first-order chi connectivity index (χ1) is 14.1. The number of carbonyl (C=O) groups is 2. The van der Waals surface area contributed by atoms with Gasteiger partial charge in [-0.15, -0.1) is 11.3 Å². The van der Waals surface area contributed by atoms with Gasteiger partial charge in [0.25, 0.3) is 0 Å². The highest BCUT2D eigenvalue weighted by atomic mass is 32.1. The molecule has 4 rings (SSSR count). The van der Waals surface area contributed by atoms with E-state index in [1.165, 1.54) is 36.3 Å². The summed E-state index contributed by atoms with van der Waals surface area (Å²) in [6.45, 7) is 3.58. The number of piperidine rings is 1. The van der Waals surface area contributed by atoms with Gasteiger partial charge in [-0.1, -0.05) is 12.1 Å². The van der Waals surface area contributed by atoms with Crippen LogP contribution in [0.5, 0.6) is 0 Å². The minimum Gasteiger partial charge on any atom is -0.372 e. The maximum absolute atomic E-state index is 12.6. The standard InChI is InChI=1S/C22H28N4O2S/c1-24(15-17-7-9-19(10-8-17)25-11-3-2-4-12-25)21(28)14-18-16-29-22(23-18)26-13-5-6-20(26)27/h7-10,16H,2-6,11-15H2,1H3. The van der Waals surface area contributed by atoms with Gasteiger partial charge in [0, 0.05) is 50.7 Å². The molecule has 2 aliphatic rings. The van der Waals surface area contributed by atoms with Gasteiger partial charge in [-0.3, -0.25) is 14.5 Å². The molecule has 2 amide bonds. The van der Waals surface area contributed by atoms with E-state index in [1.807, 2.05) is 12.4 Å². The van der Waals surface area contributed by atoms with Crippen LogP contribution < -0.4 is 9.80 Å². The third-order valence-corrected chi connectivity index (χ3v) is 6.59. The first kappa shape index (κ1) is 19.9. The van der Waals surface area contributed by atoms with E-state index in [0.717, 1.165) is 37.3 Å². The molecular formula is C22H28N4O2S. The van der Waals surface area contributed by atoms with Crippen molar-refractivity contribution >= 4 is 34.0 Å². The minimum atomic E-state index is 0.0368. The normalized spacial score (nSPS) is 17.1. The maximum Gasteiger partial charge on any atom is 0.228 e. The van der Waals surface area contributed by atoms with Gasteiger partial charge in [0.15, 0.2) is 5.13 Å². The summed E-state index contributed by atoms with van der Waals surface area (Å²) in [6.07, 6.45) is 5.60. The predicted molar refractivity (Wildman–Crippen MR) is 116 cm³/mol. The van der Waals surface area contributed by atoms with E-state index in [-0.39, 0.29) is 18.2 Å². The molecule has 2 aromatic rings. The number of likely N-dealkylation sites (N-methyl/N-ethyl adjacent to an activating group) is 1. The number of nitrogens with zero attached hydrogens (tertiary/aromatic N) is 4. The Hall–Kier alpha value is -2.41. The van der Waals surface area contributed by atoms with Crippen molar-refractivity contribution in [2.75, 3.05) is 36.5 Å². The van der Waals surface area contributed by atoms with Crippen molar-refractivity contribution in [2.24, 2.45) is 0 Å². The molecule has 0 radical (unpaired) electrons. The van der Waals surface area contributed by atoms with Crippen LogP contribution in [-0.2, 0) is 22.6 Å². The predicted octanol–water partition coefficient (Wildman–Crippen LogP) is 3.46. The SMILES string of the molecule is CN(Cc1ccc(N2CCCCC2)cc1)C(=O)Cc1csc(N2CCCC2=O)n1. The van der Waals surface area contributed by atoms with Crippen LogP contribution >= 0.6 is 11.3 Å². The lowest BCUT2D eigenvalue weighted by atomic mass is 10.1. The van der Waals surface area contributed by atoms with E-state index in [2.05, 4.69) is 34.1 Å². The van der Waals surface area contributed by atoms with Gasteiger partial charge in [-0.05, 0) is 43.4 Å². The summed E-state index contributed by atoms with van der Waals surface area (Å²) in [7, 11) is 1.83. The summed E-state index contributed by atoms with van der Waals surface area (Å²) in [5.41, 5.74) is 3.14. The van der Waals surface area contributed by atoms with Crippen LogP contribution in [0.2, 0.25) is 0 Å². The quantitative estimate of drug-likeness (QED) is 0.729. The lowest BCUT2D eigenvalue weighted by molar-refractivity contribution is -0.129. The third kappa shape index (κ3) is 4.78. The van der Waals surface area contributed by atoms with Gasteiger partial charge in [-0.25, -0.2) is 4.98 Å².